The van der Waals surface area contributed by atoms with E-state index in [0.29, 0.717) is 26.1 Å². The first-order chi connectivity index (χ1) is 16.6. The number of rotatable bonds is 8. The van der Waals surface area contributed by atoms with Crippen molar-refractivity contribution in [3.8, 4) is 5.75 Å². The van der Waals surface area contributed by atoms with E-state index in [0.717, 1.165) is 46.7 Å². The Morgan fingerprint density at radius 1 is 1.00 bits per heavy atom. The summed E-state index contributed by atoms with van der Waals surface area (Å²) in [5, 5.41) is 0. The number of fused-ring (bicyclic) bond motifs is 1. The highest BCUT2D eigenvalue weighted by Crippen LogP contribution is 2.31. The van der Waals surface area contributed by atoms with Gasteiger partial charge in [-0.05, 0) is 49.6 Å². The molecule has 0 N–H and O–H groups in total. The lowest BCUT2D eigenvalue weighted by molar-refractivity contribution is -0.128. The van der Waals surface area contributed by atoms with Crippen LogP contribution in [-0.4, -0.2) is 33.5 Å². The zero-order chi connectivity index (χ0) is 23.5. The molecular formula is C29H31N3O2. The maximum atomic E-state index is 12.8. The van der Waals surface area contributed by atoms with Crippen LogP contribution in [-0.2, 0) is 17.9 Å². The van der Waals surface area contributed by atoms with E-state index in [1.54, 1.807) is 0 Å². The van der Waals surface area contributed by atoms with Gasteiger partial charge in [0.25, 0.3) is 0 Å². The summed E-state index contributed by atoms with van der Waals surface area (Å²) < 4.78 is 8.37. The number of carbonyl (C=O) groups excluding carboxylic acids is 1. The minimum absolute atomic E-state index is 0.101. The number of hydrogen-bond acceptors (Lipinski definition) is 3. The quantitative estimate of drug-likeness (QED) is 0.325. The number of amides is 1. The van der Waals surface area contributed by atoms with Crippen LogP contribution in [0.3, 0.4) is 0 Å². The van der Waals surface area contributed by atoms with E-state index < -0.39 is 0 Å². The van der Waals surface area contributed by atoms with E-state index in [4.69, 9.17) is 9.72 Å². The van der Waals surface area contributed by atoms with E-state index >= 15 is 0 Å². The zero-order valence-corrected chi connectivity index (χ0v) is 19.9. The molecule has 34 heavy (non-hydrogen) atoms. The van der Waals surface area contributed by atoms with Crippen LogP contribution >= 0.6 is 0 Å². The van der Waals surface area contributed by atoms with Gasteiger partial charge in [-0.15, -0.1) is 0 Å². The molecular weight excluding hydrogens is 422 g/mol. The molecule has 1 aliphatic heterocycles. The van der Waals surface area contributed by atoms with E-state index in [1.807, 2.05) is 35.2 Å². The Bertz CT molecular complexity index is 1300. The van der Waals surface area contributed by atoms with Gasteiger partial charge in [0.05, 0.1) is 17.6 Å². The summed E-state index contributed by atoms with van der Waals surface area (Å²) in [6, 6.07) is 24.7. The molecule has 0 spiro atoms. The molecule has 0 aliphatic carbocycles. The first-order valence-corrected chi connectivity index (χ1v) is 12.1. The van der Waals surface area contributed by atoms with Crippen LogP contribution in [0.4, 0.5) is 0 Å². The number of carbonyl (C=O) groups is 1. The summed E-state index contributed by atoms with van der Waals surface area (Å²) in [6.45, 7) is 6.99. The third-order valence-electron chi connectivity index (χ3n) is 6.59. The van der Waals surface area contributed by atoms with Gasteiger partial charge in [0.15, 0.2) is 0 Å². The molecule has 4 aromatic rings. The SMILES string of the molecule is Cc1ccc(OCCCn2c(C3CC(=O)N(Cc4ccccc4)C3)nc3ccccc32)c(C)c1. The number of hydrogen-bond donors (Lipinski definition) is 0. The van der Waals surface area contributed by atoms with Crippen molar-refractivity contribution in [2.45, 2.75) is 45.7 Å². The largest absolute Gasteiger partial charge is 0.493 e. The molecule has 1 aromatic heterocycles. The Labute approximate surface area is 201 Å². The van der Waals surface area contributed by atoms with Crippen LogP contribution < -0.4 is 4.74 Å². The molecule has 5 rings (SSSR count). The lowest BCUT2D eigenvalue weighted by atomic mass is 10.1. The molecule has 1 fully saturated rings. The normalized spacial score (nSPS) is 15.9. The second-order valence-corrected chi connectivity index (χ2v) is 9.24. The third kappa shape index (κ3) is 4.69. The fourth-order valence-electron chi connectivity index (χ4n) is 4.91. The van der Waals surface area contributed by atoms with Gasteiger partial charge in [-0.1, -0.05) is 60.2 Å². The van der Waals surface area contributed by atoms with Crippen LogP contribution in [0.2, 0.25) is 0 Å². The van der Waals surface area contributed by atoms with Crippen molar-refractivity contribution in [3.63, 3.8) is 0 Å². The van der Waals surface area contributed by atoms with Crippen LogP contribution in [0.15, 0.2) is 72.8 Å². The molecule has 5 heteroatoms. The summed E-state index contributed by atoms with van der Waals surface area (Å²) >= 11 is 0. The van der Waals surface area contributed by atoms with Crippen molar-refractivity contribution in [2.75, 3.05) is 13.2 Å². The Hall–Kier alpha value is -3.60. The molecule has 0 radical (unpaired) electrons. The molecule has 1 atom stereocenters. The smallest absolute Gasteiger partial charge is 0.223 e. The van der Waals surface area contributed by atoms with Crippen molar-refractivity contribution in [3.05, 3.63) is 95.3 Å². The minimum Gasteiger partial charge on any atom is -0.493 e. The van der Waals surface area contributed by atoms with Gasteiger partial charge in [0.2, 0.25) is 5.91 Å². The Morgan fingerprint density at radius 3 is 2.62 bits per heavy atom. The molecule has 1 saturated heterocycles. The highest BCUT2D eigenvalue weighted by atomic mass is 16.5. The number of aryl methyl sites for hydroxylation is 3. The maximum absolute atomic E-state index is 12.8. The predicted octanol–water partition coefficient (Wildman–Crippen LogP) is 5.64. The van der Waals surface area contributed by atoms with Gasteiger partial charge in [0, 0.05) is 32.0 Å². The highest BCUT2D eigenvalue weighted by Gasteiger charge is 2.33. The predicted molar refractivity (Wildman–Crippen MR) is 135 cm³/mol. The number of aromatic nitrogens is 2. The molecule has 0 saturated carbocycles. The first-order valence-electron chi connectivity index (χ1n) is 12.1. The van der Waals surface area contributed by atoms with Crippen molar-refractivity contribution >= 4 is 16.9 Å². The molecule has 174 valence electrons. The number of nitrogens with zero attached hydrogens (tertiary/aromatic N) is 3. The second-order valence-electron chi connectivity index (χ2n) is 9.24. The second kappa shape index (κ2) is 9.72. The average molecular weight is 454 g/mol. The van der Waals surface area contributed by atoms with Gasteiger partial charge in [0.1, 0.15) is 11.6 Å². The van der Waals surface area contributed by atoms with Crippen molar-refractivity contribution in [2.24, 2.45) is 0 Å². The Kier molecular flexibility index (Phi) is 6.35. The van der Waals surface area contributed by atoms with Gasteiger partial charge < -0.3 is 14.2 Å². The topological polar surface area (TPSA) is 47.4 Å². The number of benzene rings is 3. The van der Waals surface area contributed by atoms with Crippen molar-refractivity contribution < 1.29 is 9.53 Å². The zero-order valence-electron chi connectivity index (χ0n) is 19.9. The van der Waals surface area contributed by atoms with E-state index in [2.05, 4.69) is 60.9 Å². The first kappa shape index (κ1) is 22.2. The van der Waals surface area contributed by atoms with Crippen molar-refractivity contribution in [1.82, 2.24) is 14.5 Å². The van der Waals surface area contributed by atoms with Crippen LogP contribution in [0.25, 0.3) is 11.0 Å². The molecule has 0 bridgehead atoms. The van der Waals surface area contributed by atoms with Crippen LogP contribution in [0.1, 0.15) is 41.3 Å². The van der Waals surface area contributed by atoms with Gasteiger partial charge in [-0.25, -0.2) is 4.98 Å². The molecule has 1 amide bonds. The fourth-order valence-corrected chi connectivity index (χ4v) is 4.91. The summed E-state index contributed by atoms with van der Waals surface area (Å²) in [5.74, 6) is 2.25. The van der Waals surface area contributed by atoms with Gasteiger partial charge in [-0.2, -0.15) is 0 Å². The minimum atomic E-state index is 0.101. The summed E-state index contributed by atoms with van der Waals surface area (Å²) in [6.07, 6.45) is 1.38. The third-order valence-corrected chi connectivity index (χ3v) is 6.59. The maximum Gasteiger partial charge on any atom is 0.223 e. The summed E-state index contributed by atoms with van der Waals surface area (Å²) in [5.41, 5.74) is 5.68. The Balaban J connectivity index is 1.30. The van der Waals surface area contributed by atoms with Crippen LogP contribution in [0.5, 0.6) is 5.75 Å². The van der Waals surface area contributed by atoms with Crippen LogP contribution in [0, 0.1) is 13.8 Å². The fraction of sp³-hybridized carbons (Fsp3) is 0.310. The Morgan fingerprint density at radius 2 is 1.79 bits per heavy atom. The summed E-state index contributed by atoms with van der Waals surface area (Å²) in [7, 11) is 0. The molecule has 1 unspecified atom stereocenters. The molecule has 2 heterocycles. The summed E-state index contributed by atoms with van der Waals surface area (Å²) in [4.78, 5) is 19.8. The van der Waals surface area contributed by atoms with E-state index in [-0.39, 0.29) is 11.8 Å². The van der Waals surface area contributed by atoms with Crippen molar-refractivity contribution in [1.29, 1.82) is 0 Å². The molecule has 5 nitrogen and oxygen atoms in total. The number of imidazole rings is 1. The number of ether oxygens (including phenoxy) is 1. The molecule has 1 aliphatic rings. The lowest BCUT2D eigenvalue weighted by Crippen LogP contribution is -2.24. The van der Waals surface area contributed by atoms with Gasteiger partial charge >= 0.3 is 0 Å². The lowest BCUT2D eigenvalue weighted by Gasteiger charge is -2.17. The van der Waals surface area contributed by atoms with Gasteiger partial charge in [-0.3, -0.25) is 4.79 Å². The van der Waals surface area contributed by atoms with E-state index in [1.165, 1.54) is 5.56 Å². The average Bonchev–Trinajstić information content (AvgIpc) is 3.39. The standard InChI is InChI=1S/C29H31N3O2/c1-21-13-14-27(22(2)17-21)34-16-8-15-32-26-12-7-6-11-25(26)30-29(32)24-18-28(33)31(20-24)19-23-9-4-3-5-10-23/h3-7,9-14,17,24H,8,15-16,18-20H2,1-2H3. The monoisotopic (exact) mass is 453 g/mol. The van der Waals surface area contributed by atoms with E-state index in [9.17, 15) is 4.79 Å². The number of likely N-dealkylation sites (tertiary alicyclic amines) is 1. The molecule has 3 aromatic carbocycles. The number of para-hydroxylation sites is 2. The highest BCUT2D eigenvalue weighted by molar-refractivity contribution is 5.81.